The number of hydrogen-bond acceptors (Lipinski definition) is 3. The monoisotopic (exact) mass is 278 g/mol. The molecule has 4 heteroatoms. The number of nitrogen functional groups attached to an aromatic ring is 1. The molecule has 0 atom stereocenters. The molecule has 20 heavy (non-hydrogen) atoms. The summed E-state index contributed by atoms with van der Waals surface area (Å²) in [6, 6.07) is 5.07. The molecule has 3 N–H and O–H groups in total. The predicted octanol–water partition coefficient (Wildman–Crippen LogP) is 2.94. The number of carbonyl (C=O) groups excluding carboxylic acids is 1. The zero-order chi connectivity index (χ0) is 15.3. The molecule has 1 amide bonds. The molecule has 0 saturated heterocycles. The summed E-state index contributed by atoms with van der Waals surface area (Å²) in [6.07, 6.45) is 0. The zero-order valence-corrected chi connectivity index (χ0v) is 13.1. The number of carbonyl (C=O) groups is 1. The summed E-state index contributed by atoms with van der Waals surface area (Å²) in [5.74, 6) is 1.91. The third kappa shape index (κ3) is 4.15. The van der Waals surface area contributed by atoms with Crippen LogP contribution in [0.5, 0.6) is 5.75 Å². The highest BCUT2D eigenvalue weighted by Gasteiger charge is 2.19. The van der Waals surface area contributed by atoms with Gasteiger partial charge < -0.3 is 15.8 Å². The molecule has 4 nitrogen and oxygen atoms in total. The van der Waals surface area contributed by atoms with Crippen LogP contribution in [0, 0.1) is 17.8 Å². The van der Waals surface area contributed by atoms with Crippen molar-refractivity contribution in [1.82, 2.24) is 5.32 Å². The van der Waals surface area contributed by atoms with Gasteiger partial charge in [0.05, 0.1) is 12.7 Å². The molecule has 0 aliphatic carbocycles. The number of hydrogen-bond donors (Lipinski definition) is 2. The summed E-state index contributed by atoms with van der Waals surface area (Å²) in [4.78, 5) is 12.3. The number of rotatable bonds is 6. The number of amides is 1. The van der Waals surface area contributed by atoms with Gasteiger partial charge in [-0.3, -0.25) is 4.79 Å². The van der Waals surface area contributed by atoms with Gasteiger partial charge in [0, 0.05) is 18.3 Å². The van der Waals surface area contributed by atoms with Crippen molar-refractivity contribution in [2.75, 3.05) is 19.4 Å². The largest absolute Gasteiger partial charge is 0.496 e. The Morgan fingerprint density at radius 1 is 1.25 bits per heavy atom. The van der Waals surface area contributed by atoms with E-state index in [-0.39, 0.29) is 5.91 Å². The van der Waals surface area contributed by atoms with Crippen molar-refractivity contribution < 1.29 is 9.53 Å². The van der Waals surface area contributed by atoms with Gasteiger partial charge in [-0.25, -0.2) is 0 Å². The smallest absolute Gasteiger partial charge is 0.255 e. The molecule has 0 aliphatic heterocycles. The highest BCUT2D eigenvalue weighted by molar-refractivity contribution is 5.97. The lowest BCUT2D eigenvalue weighted by Gasteiger charge is -2.25. The first-order valence-corrected chi connectivity index (χ1v) is 7.08. The Morgan fingerprint density at radius 2 is 1.85 bits per heavy atom. The van der Waals surface area contributed by atoms with Gasteiger partial charge in [-0.15, -0.1) is 0 Å². The summed E-state index contributed by atoms with van der Waals surface area (Å²) >= 11 is 0. The Bertz CT molecular complexity index is 448. The van der Waals surface area contributed by atoms with Crippen molar-refractivity contribution >= 4 is 11.6 Å². The van der Waals surface area contributed by atoms with E-state index < -0.39 is 0 Å². The number of ether oxygens (including phenoxy) is 1. The van der Waals surface area contributed by atoms with Crippen molar-refractivity contribution in [3.8, 4) is 5.75 Å². The molecule has 1 aromatic rings. The number of anilines is 1. The molecule has 0 bridgehead atoms. The van der Waals surface area contributed by atoms with Gasteiger partial charge in [0.15, 0.2) is 0 Å². The Kier molecular flexibility index (Phi) is 5.86. The molecule has 0 fully saturated rings. The minimum Gasteiger partial charge on any atom is -0.496 e. The van der Waals surface area contributed by atoms with Crippen LogP contribution in [0.2, 0.25) is 0 Å². The van der Waals surface area contributed by atoms with Crippen molar-refractivity contribution in [3.05, 3.63) is 23.8 Å². The maximum Gasteiger partial charge on any atom is 0.255 e. The first kappa shape index (κ1) is 16.3. The highest BCUT2D eigenvalue weighted by atomic mass is 16.5. The second-order valence-electron chi connectivity index (χ2n) is 5.82. The fourth-order valence-electron chi connectivity index (χ4n) is 2.44. The van der Waals surface area contributed by atoms with Crippen molar-refractivity contribution in [2.45, 2.75) is 27.7 Å². The molecule has 112 valence electrons. The van der Waals surface area contributed by atoms with E-state index in [2.05, 4.69) is 33.0 Å². The van der Waals surface area contributed by atoms with Crippen LogP contribution < -0.4 is 15.8 Å². The van der Waals surface area contributed by atoms with E-state index >= 15 is 0 Å². The quantitative estimate of drug-likeness (QED) is 0.786. The average Bonchev–Trinajstić information content (AvgIpc) is 2.37. The number of nitrogens with one attached hydrogen (secondary N) is 1. The summed E-state index contributed by atoms with van der Waals surface area (Å²) in [5, 5.41) is 3.00. The van der Waals surface area contributed by atoms with Crippen molar-refractivity contribution in [1.29, 1.82) is 0 Å². The normalized spacial score (nSPS) is 11.2. The van der Waals surface area contributed by atoms with Crippen molar-refractivity contribution in [2.24, 2.45) is 17.8 Å². The van der Waals surface area contributed by atoms with Crippen LogP contribution in [0.15, 0.2) is 18.2 Å². The molecule has 0 saturated carbocycles. The molecular weight excluding hydrogens is 252 g/mol. The summed E-state index contributed by atoms with van der Waals surface area (Å²) in [6.45, 7) is 9.39. The maximum atomic E-state index is 12.3. The average molecular weight is 278 g/mol. The lowest BCUT2D eigenvalue weighted by atomic mass is 9.85. The van der Waals surface area contributed by atoms with Gasteiger partial charge in [-0.1, -0.05) is 27.7 Å². The second-order valence-corrected chi connectivity index (χ2v) is 5.82. The summed E-state index contributed by atoms with van der Waals surface area (Å²) < 4.78 is 5.21. The van der Waals surface area contributed by atoms with E-state index in [4.69, 9.17) is 10.5 Å². The molecular formula is C16H26N2O2. The minimum absolute atomic E-state index is 0.117. The highest BCUT2D eigenvalue weighted by Crippen LogP contribution is 2.23. The standard InChI is InChI=1S/C16H26N2O2/c1-10(2)14(11(3)4)9-18-16(19)13-7-6-12(17)8-15(13)20-5/h6-8,10-11,14H,9,17H2,1-5H3,(H,18,19). The van der Waals surface area contributed by atoms with Crippen LogP contribution >= 0.6 is 0 Å². The Hall–Kier alpha value is -1.71. The molecule has 1 aromatic carbocycles. The molecule has 1 rings (SSSR count). The molecule has 0 spiro atoms. The number of methoxy groups -OCH3 is 1. The number of benzene rings is 1. The Balaban J connectivity index is 2.76. The van der Waals surface area contributed by atoms with Crippen LogP contribution in [-0.2, 0) is 0 Å². The minimum atomic E-state index is -0.117. The van der Waals surface area contributed by atoms with Gasteiger partial charge in [-0.05, 0) is 29.9 Å². The second kappa shape index (κ2) is 7.17. The molecule has 0 aromatic heterocycles. The third-order valence-electron chi connectivity index (χ3n) is 3.68. The molecule has 0 aliphatic rings. The van der Waals surface area contributed by atoms with E-state index in [1.54, 1.807) is 18.2 Å². The van der Waals surface area contributed by atoms with Crippen LogP contribution in [-0.4, -0.2) is 19.6 Å². The maximum absolute atomic E-state index is 12.3. The van der Waals surface area contributed by atoms with Crippen LogP contribution in [0.4, 0.5) is 5.69 Å². The lowest BCUT2D eigenvalue weighted by Crippen LogP contribution is -2.34. The van der Waals surface area contributed by atoms with E-state index in [1.807, 2.05) is 0 Å². The van der Waals surface area contributed by atoms with Gasteiger partial charge >= 0.3 is 0 Å². The van der Waals surface area contributed by atoms with Crippen LogP contribution in [0.25, 0.3) is 0 Å². The first-order valence-electron chi connectivity index (χ1n) is 7.08. The fourth-order valence-corrected chi connectivity index (χ4v) is 2.44. The zero-order valence-electron chi connectivity index (χ0n) is 13.1. The molecule has 0 radical (unpaired) electrons. The van der Waals surface area contributed by atoms with Gasteiger partial charge in [0.1, 0.15) is 5.75 Å². The van der Waals surface area contributed by atoms with Gasteiger partial charge in [0.2, 0.25) is 0 Å². The summed E-state index contributed by atoms with van der Waals surface area (Å²) in [7, 11) is 1.54. The van der Waals surface area contributed by atoms with E-state index in [1.165, 1.54) is 7.11 Å². The van der Waals surface area contributed by atoms with E-state index in [0.717, 1.165) is 0 Å². The third-order valence-corrected chi connectivity index (χ3v) is 3.68. The first-order chi connectivity index (χ1) is 9.36. The molecule has 0 heterocycles. The Morgan fingerprint density at radius 3 is 2.35 bits per heavy atom. The van der Waals surface area contributed by atoms with Gasteiger partial charge in [0.25, 0.3) is 5.91 Å². The van der Waals surface area contributed by atoms with Gasteiger partial charge in [-0.2, -0.15) is 0 Å². The SMILES string of the molecule is COc1cc(N)ccc1C(=O)NCC(C(C)C)C(C)C. The van der Waals surface area contributed by atoms with E-state index in [9.17, 15) is 4.79 Å². The van der Waals surface area contributed by atoms with Crippen LogP contribution in [0.3, 0.4) is 0 Å². The molecule has 0 unspecified atom stereocenters. The topological polar surface area (TPSA) is 64.3 Å². The summed E-state index contributed by atoms with van der Waals surface area (Å²) in [5.41, 5.74) is 6.80. The van der Waals surface area contributed by atoms with Crippen molar-refractivity contribution in [3.63, 3.8) is 0 Å². The predicted molar refractivity (Wildman–Crippen MR) is 82.9 cm³/mol. The lowest BCUT2D eigenvalue weighted by molar-refractivity contribution is 0.0934. The number of nitrogens with two attached hydrogens (primary N) is 1. The van der Waals surface area contributed by atoms with Crippen LogP contribution in [0.1, 0.15) is 38.1 Å². The fraction of sp³-hybridized carbons (Fsp3) is 0.562. The Labute approximate surface area is 121 Å². The van der Waals surface area contributed by atoms with E-state index in [0.29, 0.717) is 41.3 Å².